The standard InChI is InChI=1S/C34H38N8O2/c1-24-21-44-16-15-41(24)31-17-28(29(19-35)33(38-31)37-30-11-13-36-39-30)26-7-9-27(10-8-26)42-23-34(18-32(42)43)12-14-40(22-34)20-25-5-3-2-4-6-25/h2-11,13,17,19,24,35H,12,14-16,18,20-23H2,1H3,(H2,36,37,38,39)/t24-,34?/m1/s1. The van der Waals surface area contributed by atoms with Gasteiger partial charge in [0.05, 0.1) is 19.3 Å². The summed E-state index contributed by atoms with van der Waals surface area (Å²) in [6, 6.07) is 22.8. The average molecular weight is 591 g/mol. The molecule has 2 atom stereocenters. The van der Waals surface area contributed by atoms with Gasteiger partial charge in [-0.2, -0.15) is 5.10 Å². The normalized spacial score (nSPS) is 22.2. The number of pyridine rings is 1. The molecule has 226 valence electrons. The summed E-state index contributed by atoms with van der Waals surface area (Å²) in [7, 11) is 0. The highest BCUT2D eigenvalue weighted by Crippen LogP contribution is 2.43. The molecule has 1 spiro atoms. The van der Waals surface area contributed by atoms with Crippen LogP contribution in [0.3, 0.4) is 0 Å². The largest absolute Gasteiger partial charge is 0.377 e. The third-order valence-electron chi connectivity index (χ3n) is 9.18. The quantitative estimate of drug-likeness (QED) is 0.246. The van der Waals surface area contributed by atoms with Crippen LogP contribution in [0, 0.1) is 10.8 Å². The monoisotopic (exact) mass is 590 g/mol. The van der Waals surface area contributed by atoms with E-state index in [1.807, 2.05) is 23.1 Å². The summed E-state index contributed by atoms with van der Waals surface area (Å²) in [5.41, 5.74) is 4.75. The van der Waals surface area contributed by atoms with Crippen molar-refractivity contribution < 1.29 is 9.53 Å². The van der Waals surface area contributed by atoms with E-state index in [0.717, 1.165) is 61.8 Å². The fraction of sp³-hybridized carbons (Fsp3) is 0.353. The van der Waals surface area contributed by atoms with Crippen molar-refractivity contribution in [2.75, 3.05) is 54.5 Å². The van der Waals surface area contributed by atoms with Gasteiger partial charge >= 0.3 is 0 Å². The van der Waals surface area contributed by atoms with E-state index in [1.54, 1.807) is 6.20 Å². The minimum absolute atomic E-state index is 0.000429. The van der Waals surface area contributed by atoms with Gasteiger partial charge in [-0.05, 0) is 54.8 Å². The Morgan fingerprint density at radius 2 is 1.95 bits per heavy atom. The topological polar surface area (TPSA) is 113 Å². The van der Waals surface area contributed by atoms with Crippen molar-refractivity contribution >= 4 is 35.3 Å². The number of hydrogen-bond acceptors (Lipinski definition) is 8. The molecule has 4 aromatic rings. The summed E-state index contributed by atoms with van der Waals surface area (Å²) < 4.78 is 5.68. The second-order valence-electron chi connectivity index (χ2n) is 12.3. The summed E-state index contributed by atoms with van der Waals surface area (Å²) in [6.07, 6.45) is 4.71. The van der Waals surface area contributed by atoms with Crippen molar-refractivity contribution in [2.45, 2.75) is 32.4 Å². The first-order valence-corrected chi connectivity index (χ1v) is 15.3. The van der Waals surface area contributed by atoms with Gasteiger partial charge in [0.15, 0.2) is 5.82 Å². The van der Waals surface area contributed by atoms with E-state index in [4.69, 9.17) is 15.1 Å². The minimum atomic E-state index is -0.000429. The highest BCUT2D eigenvalue weighted by molar-refractivity contribution is 5.98. The summed E-state index contributed by atoms with van der Waals surface area (Å²) in [5.74, 6) is 2.21. The van der Waals surface area contributed by atoms with E-state index in [0.29, 0.717) is 36.8 Å². The number of ether oxygens (including phenoxy) is 1. The maximum atomic E-state index is 13.3. The molecule has 44 heavy (non-hydrogen) atoms. The van der Waals surface area contributed by atoms with Gasteiger partial charge in [-0.1, -0.05) is 42.5 Å². The molecule has 10 heteroatoms. The van der Waals surface area contributed by atoms with Gasteiger partial charge in [0.1, 0.15) is 11.6 Å². The summed E-state index contributed by atoms with van der Waals surface area (Å²) in [5, 5.41) is 18.7. The van der Waals surface area contributed by atoms with E-state index < -0.39 is 0 Å². The molecule has 5 heterocycles. The number of H-pyrrole nitrogens is 1. The smallest absolute Gasteiger partial charge is 0.227 e. The Kier molecular flexibility index (Phi) is 7.61. The molecule has 0 radical (unpaired) electrons. The zero-order valence-electron chi connectivity index (χ0n) is 25.0. The number of carbonyl (C=O) groups excluding carboxylic acids is 1. The lowest BCUT2D eigenvalue weighted by Crippen LogP contribution is -2.44. The minimum Gasteiger partial charge on any atom is -0.377 e. The maximum Gasteiger partial charge on any atom is 0.227 e. The highest BCUT2D eigenvalue weighted by atomic mass is 16.5. The lowest BCUT2D eigenvalue weighted by Gasteiger charge is -2.35. The number of anilines is 4. The average Bonchev–Trinajstić information content (AvgIpc) is 3.78. The lowest BCUT2D eigenvalue weighted by atomic mass is 9.86. The van der Waals surface area contributed by atoms with Crippen molar-refractivity contribution in [2.24, 2.45) is 5.41 Å². The predicted octanol–water partition coefficient (Wildman–Crippen LogP) is 5.07. The molecule has 3 saturated heterocycles. The summed E-state index contributed by atoms with van der Waals surface area (Å²) >= 11 is 0. The number of amides is 1. The first kappa shape index (κ1) is 28.2. The maximum absolute atomic E-state index is 13.3. The van der Waals surface area contributed by atoms with E-state index >= 15 is 0 Å². The van der Waals surface area contributed by atoms with Crippen molar-refractivity contribution in [1.82, 2.24) is 20.1 Å². The van der Waals surface area contributed by atoms with Crippen LogP contribution in [0.4, 0.5) is 23.1 Å². The van der Waals surface area contributed by atoms with Crippen LogP contribution in [0.15, 0.2) is 72.9 Å². The molecule has 3 fully saturated rings. The Morgan fingerprint density at radius 1 is 1.11 bits per heavy atom. The van der Waals surface area contributed by atoms with E-state index in [9.17, 15) is 4.79 Å². The first-order valence-electron chi connectivity index (χ1n) is 15.3. The fourth-order valence-corrected chi connectivity index (χ4v) is 6.92. The molecule has 2 aromatic heterocycles. The Bertz CT molecular complexity index is 1630. The molecule has 3 aliphatic heterocycles. The highest BCUT2D eigenvalue weighted by Gasteiger charge is 2.47. The van der Waals surface area contributed by atoms with Gasteiger partial charge in [-0.3, -0.25) is 14.8 Å². The lowest BCUT2D eigenvalue weighted by molar-refractivity contribution is -0.117. The SMILES string of the molecule is C[C@@H]1COCCN1c1cc(-c2ccc(N3CC4(CCN(Cc5ccccc5)C4)CC3=O)cc2)c(C=N)c(Nc2cc[nH]n2)n1. The third-order valence-corrected chi connectivity index (χ3v) is 9.18. The molecule has 0 bridgehead atoms. The molecule has 1 unspecified atom stereocenters. The molecule has 1 amide bonds. The Hall–Kier alpha value is -4.54. The molecule has 0 aliphatic carbocycles. The van der Waals surface area contributed by atoms with Gasteiger partial charge < -0.3 is 25.3 Å². The zero-order chi connectivity index (χ0) is 30.1. The molecule has 3 aliphatic rings. The number of carbonyl (C=O) groups is 1. The van der Waals surface area contributed by atoms with E-state index in [1.165, 1.54) is 11.8 Å². The summed E-state index contributed by atoms with van der Waals surface area (Å²) in [6.45, 7) is 7.77. The Balaban J connectivity index is 1.14. The van der Waals surface area contributed by atoms with Crippen molar-refractivity contribution in [3.63, 3.8) is 0 Å². The second-order valence-corrected chi connectivity index (χ2v) is 12.3. The van der Waals surface area contributed by atoms with Crippen molar-refractivity contribution in [3.05, 3.63) is 84.1 Å². The number of aromatic nitrogens is 3. The number of benzene rings is 2. The van der Waals surface area contributed by atoms with Gasteiger partial charge in [0.25, 0.3) is 0 Å². The van der Waals surface area contributed by atoms with E-state index in [-0.39, 0.29) is 17.4 Å². The molecule has 10 nitrogen and oxygen atoms in total. The second kappa shape index (κ2) is 11.9. The number of nitrogens with zero attached hydrogens (tertiary/aromatic N) is 5. The van der Waals surface area contributed by atoms with Crippen molar-refractivity contribution in [3.8, 4) is 11.1 Å². The molecular formula is C34H38N8O2. The van der Waals surface area contributed by atoms with Crippen LogP contribution in [-0.4, -0.2) is 77.6 Å². The van der Waals surface area contributed by atoms with E-state index in [2.05, 4.69) is 80.8 Å². The molecule has 7 rings (SSSR count). The number of hydrogen-bond donors (Lipinski definition) is 3. The molecule has 3 N–H and O–H groups in total. The fourth-order valence-electron chi connectivity index (χ4n) is 6.92. The number of morpholine rings is 1. The van der Waals surface area contributed by atoms with Crippen LogP contribution in [-0.2, 0) is 16.1 Å². The van der Waals surface area contributed by atoms with Crippen LogP contribution >= 0.6 is 0 Å². The molecular weight excluding hydrogens is 552 g/mol. The Morgan fingerprint density at radius 3 is 2.70 bits per heavy atom. The zero-order valence-corrected chi connectivity index (χ0v) is 25.0. The van der Waals surface area contributed by atoms with Gasteiger partial charge in [-0.25, -0.2) is 4.98 Å². The number of rotatable bonds is 8. The van der Waals surface area contributed by atoms with Crippen molar-refractivity contribution in [1.29, 1.82) is 5.41 Å². The van der Waals surface area contributed by atoms with Crippen LogP contribution < -0.4 is 15.1 Å². The van der Waals surface area contributed by atoms with Crippen LogP contribution in [0.25, 0.3) is 11.1 Å². The summed E-state index contributed by atoms with van der Waals surface area (Å²) in [4.78, 5) is 25.0. The first-order chi connectivity index (χ1) is 21.5. The van der Waals surface area contributed by atoms with Crippen LogP contribution in [0.1, 0.15) is 30.9 Å². The van der Waals surface area contributed by atoms with Gasteiger partial charge in [0, 0.05) is 67.7 Å². The number of likely N-dealkylation sites (tertiary alicyclic amines) is 1. The Labute approximate surface area is 257 Å². The van der Waals surface area contributed by atoms with Gasteiger partial charge in [0.2, 0.25) is 5.91 Å². The van der Waals surface area contributed by atoms with Crippen LogP contribution in [0.2, 0.25) is 0 Å². The number of aromatic amines is 1. The number of nitrogens with one attached hydrogen (secondary N) is 3. The third kappa shape index (κ3) is 5.58. The van der Waals surface area contributed by atoms with Gasteiger partial charge in [-0.15, -0.1) is 0 Å². The predicted molar refractivity (Wildman–Crippen MR) is 173 cm³/mol. The molecule has 2 aromatic carbocycles. The van der Waals surface area contributed by atoms with Crippen LogP contribution in [0.5, 0.6) is 0 Å². The molecule has 0 saturated carbocycles.